The van der Waals surface area contributed by atoms with Gasteiger partial charge in [-0.3, -0.25) is 4.72 Å². The van der Waals surface area contributed by atoms with E-state index in [-0.39, 0.29) is 4.90 Å². The van der Waals surface area contributed by atoms with E-state index in [1.165, 1.54) is 0 Å². The van der Waals surface area contributed by atoms with E-state index in [1.807, 2.05) is 44.2 Å². The summed E-state index contributed by atoms with van der Waals surface area (Å²) in [6.07, 6.45) is 2.27. The van der Waals surface area contributed by atoms with Crippen molar-refractivity contribution in [3.8, 4) is 0 Å². The van der Waals surface area contributed by atoms with Gasteiger partial charge in [0.1, 0.15) is 0 Å². The van der Waals surface area contributed by atoms with E-state index in [9.17, 15) is 8.42 Å². The lowest BCUT2D eigenvalue weighted by Crippen LogP contribution is -2.22. The molecule has 2 heterocycles. The first-order valence-electron chi connectivity index (χ1n) is 9.06. The Morgan fingerprint density at radius 3 is 2.22 bits per heavy atom. The molecular weight excluding hydrogens is 360 g/mol. The minimum absolute atomic E-state index is 0.226. The second kappa shape index (κ2) is 6.81. The molecule has 0 aliphatic carbocycles. The smallest absolute Gasteiger partial charge is 0.262 e. The van der Waals surface area contributed by atoms with Crippen LogP contribution in [-0.2, 0) is 10.0 Å². The predicted molar refractivity (Wildman–Crippen MR) is 108 cm³/mol. The number of aromatic nitrogens is 2. The number of anilines is 2. The first kappa shape index (κ1) is 17.7. The largest absolute Gasteiger partial charge is 0.341 e. The zero-order chi connectivity index (χ0) is 19.0. The quantitative estimate of drug-likeness (QED) is 0.745. The SMILES string of the molecule is Cc1nc(N2CCCC2)nc(C)c1NS(=O)(=O)c1ccc2ccccc2c1. The highest BCUT2D eigenvalue weighted by atomic mass is 32.2. The van der Waals surface area contributed by atoms with Crippen LogP contribution in [0.1, 0.15) is 24.2 Å². The van der Waals surface area contributed by atoms with Crippen molar-refractivity contribution in [3.63, 3.8) is 0 Å². The van der Waals surface area contributed by atoms with E-state index in [1.54, 1.807) is 12.1 Å². The number of aryl methyl sites for hydroxylation is 2. The number of fused-ring (bicyclic) bond motifs is 1. The number of nitrogens with zero attached hydrogens (tertiary/aromatic N) is 3. The summed E-state index contributed by atoms with van der Waals surface area (Å²) in [5.74, 6) is 0.677. The normalized spacial score (nSPS) is 14.7. The second-order valence-electron chi connectivity index (χ2n) is 6.88. The predicted octanol–water partition coefficient (Wildman–Crippen LogP) is 3.65. The Hall–Kier alpha value is -2.67. The van der Waals surface area contributed by atoms with Gasteiger partial charge in [0, 0.05) is 13.1 Å². The summed E-state index contributed by atoms with van der Waals surface area (Å²) in [6, 6.07) is 12.8. The van der Waals surface area contributed by atoms with Crippen LogP contribution in [0, 0.1) is 13.8 Å². The molecule has 0 radical (unpaired) electrons. The zero-order valence-electron chi connectivity index (χ0n) is 15.4. The Balaban J connectivity index is 1.67. The molecule has 1 aromatic heterocycles. The van der Waals surface area contributed by atoms with Gasteiger partial charge in [0.2, 0.25) is 5.95 Å². The summed E-state index contributed by atoms with van der Waals surface area (Å²) < 4.78 is 28.5. The van der Waals surface area contributed by atoms with Crippen molar-refractivity contribution in [3.05, 3.63) is 53.9 Å². The molecule has 0 bridgehead atoms. The lowest BCUT2D eigenvalue weighted by molar-refractivity contribution is 0.601. The summed E-state index contributed by atoms with van der Waals surface area (Å²) in [6.45, 7) is 5.51. The number of hydrogen-bond acceptors (Lipinski definition) is 5. The number of nitrogens with one attached hydrogen (secondary N) is 1. The van der Waals surface area contributed by atoms with Crippen LogP contribution in [0.5, 0.6) is 0 Å². The maximum Gasteiger partial charge on any atom is 0.262 e. The highest BCUT2D eigenvalue weighted by Gasteiger charge is 2.21. The van der Waals surface area contributed by atoms with Crippen LogP contribution in [0.2, 0.25) is 0 Å². The van der Waals surface area contributed by atoms with Crippen molar-refractivity contribution in [2.24, 2.45) is 0 Å². The number of rotatable bonds is 4. The standard InChI is InChI=1S/C20H22N4O2S/c1-14-19(15(2)22-20(21-14)24-11-5-6-12-24)23-27(25,26)18-10-9-16-7-3-4-8-17(16)13-18/h3-4,7-10,13,23H,5-6,11-12H2,1-2H3. The van der Waals surface area contributed by atoms with Gasteiger partial charge in [0.15, 0.2) is 0 Å². The van der Waals surface area contributed by atoms with E-state index < -0.39 is 10.0 Å². The maximum atomic E-state index is 12.9. The molecule has 0 spiro atoms. The summed E-state index contributed by atoms with van der Waals surface area (Å²) in [7, 11) is -3.73. The first-order chi connectivity index (χ1) is 12.9. The molecule has 3 aromatic rings. The fraction of sp³-hybridized carbons (Fsp3) is 0.300. The Morgan fingerprint density at radius 2 is 1.56 bits per heavy atom. The monoisotopic (exact) mass is 382 g/mol. The van der Waals surface area contributed by atoms with Crippen LogP contribution in [0.3, 0.4) is 0 Å². The Bertz CT molecular complexity index is 1080. The molecule has 0 atom stereocenters. The van der Waals surface area contributed by atoms with Gasteiger partial charge in [-0.1, -0.05) is 30.3 Å². The molecule has 0 unspecified atom stereocenters. The third-order valence-corrected chi connectivity index (χ3v) is 6.26. The molecule has 4 rings (SSSR count). The van der Waals surface area contributed by atoms with Crippen LogP contribution >= 0.6 is 0 Å². The Kier molecular flexibility index (Phi) is 4.47. The number of sulfonamides is 1. The Morgan fingerprint density at radius 1 is 0.926 bits per heavy atom. The number of benzene rings is 2. The van der Waals surface area contributed by atoms with Crippen molar-refractivity contribution >= 4 is 32.4 Å². The molecule has 1 aliphatic heterocycles. The molecule has 27 heavy (non-hydrogen) atoms. The average molecular weight is 382 g/mol. The zero-order valence-corrected chi connectivity index (χ0v) is 16.3. The van der Waals surface area contributed by atoms with Crippen LogP contribution in [0.4, 0.5) is 11.6 Å². The Labute approximate surface area is 159 Å². The van der Waals surface area contributed by atoms with Gasteiger partial charge in [-0.25, -0.2) is 18.4 Å². The van der Waals surface area contributed by atoms with Crippen molar-refractivity contribution in [2.75, 3.05) is 22.7 Å². The van der Waals surface area contributed by atoms with Gasteiger partial charge in [-0.2, -0.15) is 0 Å². The molecule has 1 fully saturated rings. The van der Waals surface area contributed by atoms with Gasteiger partial charge in [0.05, 0.1) is 22.0 Å². The molecule has 1 saturated heterocycles. The molecule has 7 heteroatoms. The van der Waals surface area contributed by atoms with Gasteiger partial charge < -0.3 is 4.90 Å². The minimum Gasteiger partial charge on any atom is -0.341 e. The van der Waals surface area contributed by atoms with Crippen molar-refractivity contribution in [1.29, 1.82) is 0 Å². The average Bonchev–Trinajstić information content (AvgIpc) is 3.19. The van der Waals surface area contributed by atoms with E-state index in [2.05, 4.69) is 19.6 Å². The maximum absolute atomic E-state index is 12.9. The fourth-order valence-corrected chi connectivity index (χ4v) is 4.64. The van der Waals surface area contributed by atoms with Crippen LogP contribution in [0.25, 0.3) is 10.8 Å². The topological polar surface area (TPSA) is 75.2 Å². The van der Waals surface area contributed by atoms with Crippen molar-refractivity contribution in [2.45, 2.75) is 31.6 Å². The fourth-order valence-electron chi connectivity index (χ4n) is 3.43. The molecule has 1 aliphatic rings. The highest BCUT2D eigenvalue weighted by molar-refractivity contribution is 7.92. The highest BCUT2D eigenvalue weighted by Crippen LogP contribution is 2.26. The van der Waals surface area contributed by atoms with Gasteiger partial charge in [-0.15, -0.1) is 0 Å². The minimum atomic E-state index is -3.73. The number of hydrogen-bond donors (Lipinski definition) is 1. The lowest BCUT2D eigenvalue weighted by Gasteiger charge is -2.19. The molecule has 140 valence electrons. The van der Waals surface area contributed by atoms with Crippen molar-refractivity contribution < 1.29 is 8.42 Å². The van der Waals surface area contributed by atoms with Crippen molar-refractivity contribution in [1.82, 2.24) is 9.97 Å². The van der Waals surface area contributed by atoms with Crippen LogP contribution in [-0.4, -0.2) is 31.5 Å². The molecule has 0 amide bonds. The molecule has 0 saturated carbocycles. The second-order valence-corrected chi connectivity index (χ2v) is 8.56. The molecule has 1 N–H and O–H groups in total. The van der Waals surface area contributed by atoms with E-state index in [0.717, 1.165) is 36.7 Å². The van der Waals surface area contributed by atoms with Gasteiger partial charge in [0.25, 0.3) is 10.0 Å². The summed E-state index contributed by atoms with van der Waals surface area (Å²) >= 11 is 0. The summed E-state index contributed by atoms with van der Waals surface area (Å²) in [4.78, 5) is 11.4. The van der Waals surface area contributed by atoms with Gasteiger partial charge in [-0.05, 0) is 49.6 Å². The molecule has 6 nitrogen and oxygen atoms in total. The summed E-state index contributed by atoms with van der Waals surface area (Å²) in [5.41, 5.74) is 1.72. The molecular formula is C20H22N4O2S. The van der Waals surface area contributed by atoms with E-state index in [0.29, 0.717) is 23.0 Å². The first-order valence-corrected chi connectivity index (χ1v) is 10.5. The van der Waals surface area contributed by atoms with Crippen LogP contribution < -0.4 is 9.62 Å². The summed E-state index contributed by atoms with van der Waals surface area (Å²) in [5, 5.41) is 1.89. The lowest BCUT2D eigenvalue weighted by atomic mass is 10.1. The van der Waals surface area contributed by atoms with E-state index in [4.69, 9.17) is 0 Å². The third-order valence-electron chi connectivity index (χ3n) is 4.92. The molecule has 2 aromatic carbocycles. The van der Waals surface area contributed by atoms with E-state index >= 15 is 0 Å². The van der Waals surface area contributed by atoms with Crippen LogP contribution in [0.15, 0.2) is 47.4 Å². The third kappa shape index (κ3) is 3.47. The van der Waals surface area contributed by atoms with Gasteiger partial charge >= 0.3 is 0 Å².